The Labute approximate surface area is 59.9 Å². The third kappa shape index (κ3) is 1.45. The van der Waals surface area contributed by atoms with Crippen LogP contribution in [0, 0.1) is 5.92 Å². The molecule has 0 radical (unpaired) electrons. The van der Waals surface area contributed by atoms with Crippen molar-refractivity contribution in [2.24, 2.45) is 5.92 Å². The van der Waals surface area contributed by atoms with Gasteiger partial charge in [-0.25, -0.2) is 4.39 Å². The lowest BCUT2D eigenvalue weighted by Gasteiger charge is -2.16. The average Bonchev–Trinajstić information content (AvgIpc) is 1.94. The van der Waals surface area contributed by atoms with Crippen molar-refractivity contribution >= 4 is 0 Å². The van der Waals surface area contributed by atoms with Crippen LogP contribution in [-0.4, -0.2) is 11.7 Å². The smallest absolute Gasteiger partial charge is 0.101 e. The first-order valence-corrected chi connectivity index (χ1v) is 3.37. The van der Waals surface area contributed by atoms with Crippen molar-refractivity contribution in [1.29, 1.82) is 0 Å². The first-order valence-electron chi connectivity index (χ1n) is 3.37. The van der Waals surface area contributed by atoms with Gasteiger partial charge in [0, 0.05) is 12.3 Å². The molecule has 1 atom stereocenters. The number of hydrogen-bond acceptors (Lipinski definition) is 1. The number of allylic oxidation sites excluding steroid dienone is 3. The Morgan fingerprint density at radius 2 is 2.40 bits per heavy atom. The Morgan fingerprint density at radius 1 is 1.70 bits per heavy atom. The van der Waals surface area contributed by atoms with Gasteiger partial charge < -0.3 is 5.11 Å². The van der Waals surface area contributed by atoms with E-state index in [1.165, 1.54) is 6.08 Å². The summed E-state index contributed by atoms with van der Waals surface area (Å²) in [5, 5.41) is 8.74. The van der Waals surface area contributed by atoms with Gasteiger partial charge in [-0.1, -0.05) is 11.6 Å². The average molecular weight is 142 g/mol. The van der Waals surface area contributed by atoms with E-state index in [-0.39, 0.29) is 18.4 Å². The van der Waals surface area contributed by atoms with Crippen molar-refractivity contribution in [3.63, 3.8) is 0 Å². The highest BCUT2D eigenvalue weighted by atomic mass is 19.1. The van der Waals surface area contributed by atoms with Gasteiger partial charge in [-0.15, -0.1) is 0 Å². The zero-order valence-electron chi connectivity index (χ0n) is 5.97. The van der Waals surface area contributed by atoms with Gasteiger partial charge in [0.05, 0.1) is 6.61 Å². The molecule has 0 aromatic carbocycles. The minimum Gasteiger partial charge on any atom is -0.396 e. The van der Waals surface area contributed by atoms with Gasteiger partial charge in [-0.3, -0.25) is 0 Å². The highest BCUT2D eigenvalue weighted by Gasteiger charge is 2.14. The van der Waals surface area contributed by atoms with Crippen LogP contribution in [0.5, 0.6) is 0 Å². The molecule has 0 aromatic rings. The summed E-state index contributed by atoms with van der Waals surface area (Å²) in [7, 11) is 0. The second kappa shape index (κ2) is 2.97. The molecule has 0 aliphatic heterocycles. The van der Waals surface area contributed by atoms with Gasteiger partial charge in [-0.2, -0.15) is 0 Å². The van der Waals surface area contributed by atoms with Gasteiger partial charge in [0.2, 0.25) is 0 Å². The first-order chi connectivity index (χ1) is 4.74. The van der Waals surface area contributed by atoms with Crippen molar-refractivity contribution in [3.05, 3.63) is 23.6 Å². The van der Waals surface area contributed by atoms with Crippen LogP contribution in [0.3, 0.4) is 0 Å². The highest BCUT2D eigenvalue weighted by molar-refractivity contribution is 5.21. The predicted octanol–water partition coefficient (Wildman–Crippen LogP) is 1.80. The molecule has 2 heteroatoms. The molecule has 56 valence electrons. The quantitative estimate of drug-likeness (QED) is 0.591. The van der Waals surface area contributed by atoms with E-state index in [2.05, 4.69) is 0 Å². The van der Waals surface area contributed by atoms with E-state index >= 15 is 0 Å². The molecule has 0 saturated carbocycles. The molecule has 0 fully saturated rings. The van der Waals surface area contributed by atoms with Crippen molar-refractivity contribution in [2.45, 2.75) is 13.3 Å². The molecular weight excluding hydrogens is 131 g/mol. The highest BCUT2D eigenvalue weighted by Crippen LogP contribution is 2.24. The fraction of sp³-hybridized carbons (Fsp3) is 0.500. The Bertz CT molecular complexity index is 182. The predicted molar refractivity (Wildman–Crippen MR) is 38.1 cm³/mol. The Kier molecular flexibility index (Phi) is 2.22. The maximum absolute atomic E-state index is 12.5. The van der Waals surface area contributed by atoms with Crippen LogP contribution in [-0.2, 0) is 0 Å². The van der Waals surface area contributed by atoms with Crippen molar-refractivity contribution in [3.8, 4) is 0 Å². The summed E-state index contributed by atoms with van der Waals surface area (Å²) in [5.41, 5.74) is 1.06. The number of aliphatic hydroxyl groups excluding tert-OH is 1. The Morgan fingerprint density at radius 3 is 2.90 bits per heavy atom. The lowest BCUT2D eigenvalue weighted by atomic mass is 9.93. The lowest BCUT2D eigenvalue weighted by molar-refractivity contribution is 0.239. The summed E-state index contributed by atoms with van der Waals surface area (Å²) >= 11 is 0. The molecule has 1 unspecified atom stereocenters. The van der Waals surface area contributed by atoms with Crippen LogP contribution in [0.1, 0.15) is 13.3 Å². The zero-order valence-corrected chi connectivity index (χ0v) is 5.97. The van der Waals surface area contributed by atoms with Crippen molar-refractivity contribution in [2.75, 3.05) is 6.61 Å². The monoisotopic (exact) mass is 142 g/mol. The van der Waals surface area contributed by atoms with Crippen molar-refractivity contribution in [1.82, 2.24) is 0 Å². The summed E-state index contributed by atoms with van der Waals surface area (Å²) in [5.74, 6) is -0.130. The van der Waals surface area contributed by atoms with E-state index in [1.54, 1.807) is 6.08 Å². The molecule has 0 saturated heterocycles. The number of aliphatic hydroxyl groups is 1. The third-order valence-electron chi connectivity index (χ3n) is 1.83. The maximum atomic E-state index is 12.5. The number of rotatable bonds is 1. The molecule has 1 rings (SSSR count). The first kappa shape index (κ1) is 7.48. The van der Waals surface area contributed by atoms with Gasteiger partial charge in [0.25, 0.3) is 0 Å². The maximum Gasteiger partial charge on any atom is 0.101 e. The molecule has 1 nitrogen and oxygen atoms in total. The minimum atomic E-state index is -0.135. The van der Waals surface area contributed by atoms with E-state index in [0.717, 1.165) is 5.57 Å². The molecule has 1 aliphatic rings. The van der Waals surface area contributed by atoms with E-state index in [0.29, 0.717) is 6.42 Å². The van der Waals surface area contributed by atoms with Crippen LogP contribution in [0.2, 0.25) is 0 Å². The third-order valence-corrected chi connectivity index (χ3v) is 1.83. The summed E-state index contributed by atoms with van der Waals surface area (Å²) in [6.07, 6.45) is 3.54. The van der Waals surface area contributed by atoms with Gasteiger partial charge in [0.1, 0.15) is 5.83 Å². The number of hydrogen-bond donors (Lipinski definition) is 1. The van der Waals surface area contributed by atoms with Gasteiger partial charge >= 0.3 is 0 Å². The SMILES string of the molecule is CC1=CC=C(F)CC1CO. The lowest BCUT2D eigenvalue weighted by Crippen LogP contribution is -2.09. The van der Waals surface area contributed by atoms with Crippen LogP contribution in [0.25, 0.3) is 0 Å². The van der Waals surface area contributed by atoms with Crippen LogP contribution >= 0.6 is 0 Å². The second-order valence-corrected chi connectivity index (χ2v) is 2.61. The number of halogens is 1. The van der Waals surface area contributed by atoms with Crippen LogP contribution < -0.4 is 0 Å². The fourth-order valence-electron chi connectivity index (χ4n) is 1.03. The van der Waals surface area contributed by atoms with Crippen LogP contribution in [0.15, 0.2) is 23.6 Å². The van der Waals surface area contributed by atoms with Gasteiger partial charge in [-0.05, 0) is 13.0 Å². The van der Waals surface area contributed by atoms with E-state index < -0.39 is 0 Å². The normalized spacial score (nSPS) is 25.7. The Balaban J connectivity index is 2.68. The zero-order chi connectivity index (χ0) is 7.56. The van der Waals surface area contributed by atoms with Gasteiger partial charge in [0.15, 0.2) is 0 Å². The largest absolute Gasteiger partial charge is 0.396 e. The molecule has 0 bridgehead atoms. The molecule has 0 spiro atoms. The van der Waals surface area contributed by atoms with Crippen molar-refractivity contribution < 1.29 is 9.50 Å². The molecule has 10 heavy (non-hydrogen) atoms. The summed E-state index contributed by atoms with van der Waals surface area (Å²) in [4.78, 5) is 0. The fourth-order valence-corrected chi connectivity index (χ4v) is 1.03. The Hall–Kier alpha value is -0.630. The van der Waals surface area contributed by atoms with E-state index in [9.17, 15) is 4.39 Å². The summed E-state index contributed by atoms with van der Waals surface area (Å²) in [6, 6.07) is 0. The molecular formula is C8H11FO. The van der Waals surface area contributed by atoms with E-state index in [1.807, 2.05) is 6.92 Å². The summed E-state index contributed by atoms with van der Waals surface area (Å²) < 4.78 is 12.5. The molecule has 0 aromatic heterocycles. The molecule has 0 heterocycles. The molecule has 0 amide bonds. The standard InChI is InChI=1S/C8H11FO/c1-6-2-3-8(9)4-7(6)5-10/h2-3,7,10H,4-5H2,1H3. The van der Waals surface area contributed by atoms with Crippen LogP contribution in [0.4, 0.5) is 4.39 Å². The molecule has 1 aliphatic carbocycles. The summed E-state index contributed by atoms with van der Waals surface area (Å²) in [6.45, 7) is 1.95. The second-order valence-electron chi connectivity index (χ2n) is 2.61. The van der Waals surface area contributed by atoms with E-state index in [4.69, 9.17) is 5.11 Å². The topological polar surface area (TPSA) is 20.2 Å². The molecule has 1 N–H and O–H groups in total. The minimum absolute atomic E-state index is 0.00463.